The van der Waals surface area contributed by atoms with Crippen LogP contribution in [0.3, 0.4) is 0 Å². The Balaban J connectivity index is 1.49. The SMILES string of the molecule is Fc1ccc(CCNc2cc(-c3ccccc3)nc(NC3CC3)n2)cc1. The molecule has 2 aromatic carbocycles. The van der Waals surface area contributed by atoms with Crippen molar-refractivity contribution in [3.05, 3.63) is 72.0 Å². The van der Waals surface area contributed by atoms with Gasteiger partial charge in [-0.2, -0.15) is 4.98 Å². The average molecular weight is 348 g/mol. The van der Waals surface area contributed by atoms with E-state index in [0.29, 0.717) is 12.0 Å². The lowest BCUT2D eigenvalue weighted by molar-refractivity contribution is 0.627. The summed E-state index contributed by atoms with van der Waals surface area (Å²) in [7, 11) is 0. The van der Waals surface area contributed by atoms with Gasteiger partial charge in [-0.25, -0.2) is 9.37 Å². The van der Waals surface area contributed by atoms with Crippen molar-refractivity contribution in [3.8, 4) is 11.3 Å². The molecule has 0 unspecified atom stereocenters. The predicted octanol–water partition coefficient (Wildman–Crippen LogP) is 4.51. The number of rotatable bonds is 7. The molecule has 5 heteroatoms. The highest BCUT2D eigenvalue weighted by molar-refractivity contribution is 5.64. The first kappa shape index (κ1) is 16.5. The zero-order chi connectivity index (χ0) is 17.8. The lowest BCUT2D eigenvalue weighted by Crippen LogP contribution is -2.11. The number of halogens is 1. The van der Waals surface area contributed by atoms with Crippen LogP contribution in [-0.4, -0.2) is 22.6 Å². The smallest absolute Gasteiger partial charge is 0.225 e. The summed E-state index contributed by atoms with van der Waals surface area (Å²) in [4.78, 5) is 9.25. The van der Waals surface area contributed by atoms with Crippen LogP contribution in [0, 0.1) is 5.82 Å². The molecular weight excluding hydrogens is 327 g/mol. The van der Waals surface area contributed by atoms with Crippen molar-refractivity contribution < 1.29 is 4.39 Å². The van der Waals surface area contributed by atoms with Gasteiger partial charge in [0.05, 0.1) is 5.69 Å². The molecule has 4 nitrogen and oxygen atoms in total. The van der Waals surface area contributed by atoms with Crippen molar-refractivity contribution in [2.75, 3.05) is 17.2 Å². The number of nitrogens with zero attached hydrogens (tertiary/aromatic N) is 2. The van der Waals surface area contributed by atoms with Gasteiger partial charge < -0.3 is 10.6 Å². The van der Waals surface area contributed by atoms with Gasteiger partial charge in [0, 0.05) is 24.2 Å². The first-order valence-electron chi connectivity index (χ1n) is 8.96. The van der Waals surface area contributed by atoms with Crippen LogP contribution in [0.25, 0.3) is 11.3 Å². The van der Waals surface area contributed by atoms with E-state index in [4.69, 9.17) is 0 Å². The summed E-state index contributed by atoms with van der Waals surface area (Å²) in [5, 5.41) is 6.74. The van der Waals surface area contributed by atoms with Crippen molar-refractivity contribution in [2.24, 2.45) is 0 Å². The summed E-state index contributed by atoms with van der Waals surface area (Å²) in [6, 6.07) is 19.2. The molecule has 1 saturated carbocycles. The maximum atomic E-state index is 13.0. The number of hydrogen-bond donors (Lipinski definition) is 2. The van der Waals surface area contributed by atoms with E-state index in [9.17, 15) is 4.39 Å². The normalized spacial score (nSPS) is 13.4. The van der Waals surface area contributed by atoms with Crippen LogP contribution in [0.5, 0.6) is 0 Å². The minimum absolute atomic E-state index is 0.208. The van der Waals surface area contributed by atoms with Gasteiger partial charge in [-0.3, -0.25) is 0 Å². The van der Waals surface area contributed by atoms with E-state index in [-0.39, 0.29) is 5.82 Å². The molecule has 0 amide bonds. The second-order valence-electron chi connectivity index (χ2n) is 6.55. The van der Waals surface area contributed by atoms with Crippen LogP contribution < -0.4 is 10.6 Å². The van der Waals surface area contributed by atoms with Crippen molar-refractivity contribution in [1.82, 2.24) is 9.97 Å². The molecule has 1 fully saturated rings. The molecule has 4 rings (SSSR count). The number of aromatic nitrogens is 2. The van der Waals surface area contributed by atoms with Gasteiger partial charge in [0.15, 0.2) is 0 Å². The molecule has 0 radical (unpaired) electrons. The average Bonchev–Trinajstić information content (AvgIpc) is 3.48. The quantitative estimate of drug-likeness (QED) is 0.659. The van der Waals surface area contributed by atoms with Crippen LogP contribution in [0.2, 0.25) is 0 Å². The lowest BCUT2D eigenvalue weighted by atomic mass is 10.1. The zero-order valence-electron chi connectivity index (χ0n) is 14.5. The van der Waals surface area contributed by atoms with Gasteiger partial charge in [0.1, 0.15) is 11.6 Å². The zero-order valence-corrected chi connectivity index (χ0v) is 14.5. The maximum Gasteiger partial charge on any atom is 0.225 e. The van der Waals surface area contributed by atoms with Gasteiger partial charge in [0.2, 0.25) is 5.95 Å². The number of benzene rings is 2. The summed E-state index contributed by atoms with van der Waals surface area (Å²) in [5.41, 5.74) is 3.05. The Kier molecular flexibility index (Phi) is 4.78. The van der Waals surface area contributed by atoms with Crippen molar-refractivity contribution in [3.63, 3.8) is 0 Å². The molecule has 0 spiro atoms. The van der Waals surface area contributed by atoms with Crippen LogP contribution in [0.4, 0.5) is 16.2 Å². The highest BCUT2D eigenvalue weighted by Crippen LogP contribution is 2.26. The van der Waals surface area contributed by atoms with E-state index in [2.05, 4.69) is 20.6 Å². The predicted molar refractivity (Wildman–Crippen MR) is 103 cm³/mol. The van der Waals surface area contributed by atoms with E-state index in [1.54, 1.807) is 0 Å². The first-order valence-corrected chi connectivity index (χ1v) is 8.96. The second-order valence-corrected chi connectivity index (χ2v) is 6.55. The summed E-state index contributed by atoms with van der Waals surface area (Å²) in [6.07, 6.45) is 3.15. The Morgan fingerprint density at radius 1 is 0.962 bits per heavy atom. The largest absolute Gasteiger partial charge is 0.370 e. The van der Waals surface area contributed by atoms with Crippen LogP contribution in [0.15, 0.2) is 60.7 Å². The monoisotopic (exact) mass is 348 g/mol. The Bertz CT molecular complexity index is 861. The van der Waals surface area contributed by atoms with Crippen molar-refractivity contribution in [1.29, 1.82) is 0 Å². The van der Waals surface area contributed by atoms with Gasteiger partial charge in [-0.1, -0.05) is 42.5 Å². The van der Waals surface area contributed by atoms with E-state index < -0.39 is 0 Å². The van der Waals surface area contributed by atoms with Gasteiger partial charge in [-0.05, 0) is 37.0 Å². The highest BCUT2D eigenvalue weighted by atomic mass is 19.1. The van der Waals surface area contributed by atoms with E-state index in [1.807, 2.05) is 48.5 Å². The molecule has 1 aliphatic rings. The Morgan fingerprint density at radius 3 is 2.46 bits per heavy atom. The molecular formula is C21H21FN4. The van der Waals surface area contributed by atoms with Crippen LogP contribution in [-0.2, 0) is 6.42 Å². The lowest BCUT2D eigenvalue weighted by Gasteiger charge is -2.11. The van der Waals surface area contributed by atoms with E-state index in [0.717, 1.165) is 35.6 Å². The topological polar surface area (TPSA) is 49.8 Å². The summed E-state index contributed by atoms with van der Waals surface area (Å²) >= 11 is 0. The summed E-state index contributed by atoms with van der Waals surface area (Å²) < 4.78 is 13.0. The Hall–Kier alpha value is -2.95. The number of hydrogen-bond acceptors (Lipinski definition) is 4. The molecule has 1 aromatic heterocycles. The molecule has 26 heavy (non-hydrogen) atoms. The van der Waals surface area contributed by atoms with Gasteiger partial charge >= 0.3 is 0 Å². The first-order chi connectivity index (χ1) is 12.8. The third-order valence-electron chi connectivity index (χ3n) is 4.34. The second kappa shape index (κ2) is 7.52. The molecule has 0 atom stereocenters. The molecule has 2 N–H and O–H groups in total. The highest BCUT2D eigenvalue weighted by Gasteiger charge is 2.22. The standard InChI is InChI=1S/C21H21FN4/c22-17-8-6-15(7-9-17)12-13-23-20-14-19(16-4-2-1-3-5-16)25-21(26-20)24-18-10-11-18/h1-9,14,18H,10-13H2,(H2,23,24,25,26). The Labute approximate surface area is 152 Å². The summed E-state index contributed by atoms with van der Waals surface area (Å²) in [5.74, 6) is 1.25. The fourth-order valence-corrected chi connectivity index (χ4v) is 2.76. The summed E-state index contributed by atoms with van der Waals surface area (Å²) in [6.45, 7) is 0.722. The van der Waals surface area contributed by atoms with Gasteiger partial charge in [-0.15, -0.1) is 0 Å². The minimum Gasteiger partial charge on any atom is -0.370 e. The van der Waals surface area contributed by atoms with Gasteiger partial charge in [0.25, 0.3) is 0 Å². The van der Waals surface area contributed by atoms with Crippen molar-refractivity contribution >= 4 is 11.8 Å². The molecule has 1 aliphatic carbocycles. The van der Waals surface area contributed by atoms with E-state index >= 15 is 0 Å². The number of nitrogens with one attached hydrogen (secondary N) is 2. The molecule has 0 saturated heterocycles. The fourth-order valence-electron chi connectivity index (χ4n) is 2.76. The molecule has 3 aromatic rings. The third-order valence-corrected chi connectivity index (χ3v) is 4.34. The van der Waals surface area contributed by atoms with E-state index in [1.165, 1.54) is 25.0 Å². The molecule has 132 valence electrons. The van der Waals surface area contributed by atoms with Crippen LogP contribution in [0.1, 0.15) is 18.4 Å². The molecule has 0 bridgehead atoms. The van der Waals surface area contributed by atoms with Crippen LogP contribution >= 0.6 is 0 Å². The minimum atomic E-state index is -0.208. The third kappa shape index (κ3) is 4.36. The van der Waals surface area contributed by atoms with Crippen molar-refractivity contribution in [2.45, 2.75) is 25.3 Å². The fraction of sp³-hybridized carbons (Fsp3) is 0.238. The molecule has 0 aliphatic heterocycles. The Morgan fingerprint density at radius 2 is 1.73 bits per heavy atom. The molecule has 1 heterocycles. The number of anilines is 2. The maximum absolute atomic E-state index is 13.0.